The number of benzene rings is 5. The van der Waals surface area contributed by atoms with Crippen molar-refractivity contribution in [1.29, 1.82) is 0 Å². The first-order chi connectivity index (χ1) is 21.5. The fraction of sp³-hybridized carbons (Fsp3) is 0.286. The summed E-state index contributed by atoms with van der Waals surface area (Å²) in [5.74, 6) is 0.104. The molecule has 0 aliphatic carbocycles. The van der Waals surface area contributed by atoms with Gasteiger partial charge in [-0.3, -0.25) is 9.78 Å². The Kier molecular flexibility index (Phi) is 8.94. The Bertz CT molecular complexity index is 2250. The SMILES string of the molecule is CC(C)(C)C(=O)/C=C(\O)C(C)(C)C.Cc1cc2ccc3c4ccnc5c4c(cc3c2cc1C)[Si](C)(C)c1cc2ccccc2[c-]c1-5.[Ir]. The standard InChI is InChI=1S/C31H24NSi.C11H20O2.Ir/c1-18-13-22-9-10-23-24-11-12-32-31-27-15-20-7-5-6-8-21(20)16-28(27)33(3,4)29(30(24)31)17-26(23)25(22)14-19(18)2;1-10(2,3)8(12)7-9(13)11(4,5)6;/h5-14,16-17H,1-4H3;7,12H,1-6H3;/q-1;;/b;8-7-;. The molecule has 0 bridgehead atoms. The van der Waals surface area contributed by atoms with Crippen molar-refractivity contribution in [3.8, 4) is 11.3 Å². The number of aryl methyl sites for hydroxylation is 2. The van der Waals surface area contributed by atoms with Gasteiger partial charge in [0, 0.05) is 48.9 Å². The largest absolute Gasteiger partial charge is 0.512 e. The van der Waals surface area contributed by atoms with Gasteiger partial charge >= 0.3 is 0 Å². The number of carbonyl (C=O) groups excluding carboxylic acids is 1. The van der Waals surface area contributed by atoms with Crippen molar-refractivity contribution in [2.24, 2.45) is 10.8 Å². The second kappa shape index (κ2) is 12.1. The zero-order chi connectivity index (χ0) is 33.3. The summed E-state index contributed by atoms with van der Waals surface area (Å²) in [7, 11) is -1.98. The first kappa shape index (κ1) is 34.7. The minimum Gasteiger partial charge on any atom is -0.512 e. The molecular formula is C42H44IrNO2Si-. The van der Waals surface area contributed by atoms with Crippen molar-refractivity contribution in [2.45, 2.75) is 68.5 Å². The number of allylic oxidation sites excluding steroid dienone is 2. The minimum absolute atomic E-state index is 0. The van der Waals surface area contributed by atoms with Crippen LogP contribution in [0, 0.1) is 30.7 Å². The van der Waals surface area contributed by atoms with Gasteiger partial charge in [-0.25, -0.2) is 0 Å². The van der Waals surface area contributed by atoms with Crippen molar-refractivity contribution in [2.75, 3.05) is 0 Å². The Morgan fingerprint density at radius 2 is 1.45 bits per heavy atom. The predicted molar refractivity (Wildman–Crippen MR) is 199 cm³/mol. The molecule has 0 spiro atoms. The van der Waals surface area contributed by atoms with E-state index in [1.807, 2.05) is 47.7 Å². The molecule has 0 unspecified atom stereocenters. The van der Waals surface area contributed by atoms with E-state index in [4.69, 9.17) is 4.98 Å². The van der Waals surface area contributed by atoms with E-state index in [2.05, 4.69) is 99.7 Å². The molecule has 1 N–H and O–H groups in total. The number of aromatic nitrogens is 1. The smallest absolute Gasteiger partial charge is 0.164 e. The molecule has 1 aliphatic heterocycles. The molecule has 3 nitrogen and oxygen atoms in total. The maximum absolute atomic E-state index is 11.5. The van der Waals surface area contributed by atoms with Gasteiger partial charge in [-0.05, 0) is 63.4 Å². The summed E-state index contributed by atoms with van der Waals surface area (Å²) in [6, 6.07) is 28.8. The number of ketones is 1. The summed E-state index contributed by atoms with van der Waals surface area (Å²) >= 11 is 0. The molecule has 0 amide bonds. The molecule has 47 heavy (non-hydrogen) atoms. The topological polar surface area (TPSA) is 50.2 Å². The second-order valence-electron chi connectivity index (χ2n) is 15.5. The molecule has 0 fully saturated rings. The minimum atomic E-state index is -1.98. The van der Waals surface area contributed by atoms with Crippen molar-refractivity contribution in [3.05, 3.63) is 102 Å². The Labute approximate surface area is 293 Å². The van der Waals surface area contributed by atoms with Gasteiger partial charge in [0.1, 0.15) is 5.76 Å². The molecule has 5 aromatic carbocycles. The van der Waals surface area contributed by atoms with Gasteiger partial charge in [0.05, 0.1) is 8.07 Å². The fourth-order valence-corrected chi connectivity index (χ4v) is 9.41. The van der Waals surface area contributed by atoms with Crippen molar-refractivity contribution < 1.29 is 30.0 Å². The van der Waals surface area contributed by atoms with Crippen molar-refractivity contribution in [3.63, 3.8) is 0 Å². The normalized spacial score (nSPS) is 14.0. The van der Waals surface area contributed by atoms with Gasteiger partial charge in [0.25, 0.3) is 0 Å². The Hall–Kier alpha value is -3.63. The molecule has 0 saturated carbocycles. The second-order valence-corrected chi connectivity index (χ2v) is 19.8. The van der Waals surface area contributed by atoms with Gasteiger partial charge in [0.2, 0.25) is 0 Å². The van der Waals surface area contributed by atoms with Crippen LogP contribution in [0.15, 0.2) is 84.8 Å². The monoisotopic (exact) mass is 815 g/mol. The quantitative estimate of drug-likeness (QED) is 0.0592. The number of carbonyl (C=O) groups is 1. The summed E-state index contributed by atoms with van der Waals surface area (Å²) in [4.78, 5) is 16.4. The Morgan fingerprint density at radius 3 is 2.13 bits per heavy atom. The van der Waals surface area contributed by atoms with Crippen LogP contribution in [0.3, 0.4) is 0 Å². The summed E-state index contributed by atoms with van der Waals surface area (Å²) < 4.78 is 0. The van der Waals surface area contributed by atoms with Crippen LogP contribution in [0.4, 0.5) is 0 Å². The zero-order valence-corrected chi connectivity index (χ0v) is 32.5. The van der Waals surface area contributed by atoms with Crippen LogP contribution in [0.2, 0.25) is 13.1 Å². The van der Waals surface area contributed by atoms with Crippen LogP contribution < -0.4 is 10.4 Å². The molecule has 2 heterocycles. The van der Waals surface area contributed by atoms with E-state index in [0.717, 1.165) is 5.69 Å². The van der Waals surface area contributed by atoms with Gasteiger partial charge in [-0.15, -0.1) is 28.8 Å². The van der Waals surface area contributed by atoms with Crippen molar-refractivity contribution >= 4 is 67.3 Å². The molecule has 1 radical (unpaired) electrons. The van der Waals surface area contributed by atoms with E-state index in [9.17, 15) is 9.90 Å². The molecule has 0 atom stereocenters. The third kappa shape index (κ3) is 6.10. The van der Waals surface area contributed by atoms with Crippen LogP contribution in [-0.2, 0) is 24.9 Å². The summed E-state index contributed by atoms with van der Waals surface area (Å²) in [5, 5.41) is 23.0. The number of hydrogen-bond acceptors (Lipinski definition) is 3. The number of fused-ring (bicyclic) bond motifs is 7. The average Bonchev–Trinajstić information content (AvgIpc) is 2.99. The summed E-state index contributed by atoms with van der Waals surface area (Å²) in [6.45, 7) is 20.5. The number of aliphatic hydroxyl groups is 1. The third-order valence-electron chi connectivity index (χ3n) is 9.62. The molecule has 6 aromatic rings. The van der Waals surface area contributed by atoms with Gasteiger partial charge in [-0.2, -0.15) is 0 Å². The van der Waals surface area contributed by atoms with Gasteiger partial charge in [-0.1, -0.05) is 119 Å². The van der Waals surface area contributed by atoms with Crippen LogP contribution in [0.25, 0.3) is 54.3 Å². The fourth-order valence-electron chi connectivity index (χ4n) is 6.41. The molecule has 1 aliphatic rings. The van der Waals surface area contributed by atoms with Crippen LogP contribution >= 0.6 is 0 Å². The third-order valence-corrected chi connectivity index (χ3v) is 13.1. The molecule has 7 rings (SSSR count). The van der Waals surface area contributed by atoms with E-state index in [-0.39, 0.29) is 37.1 Å². The van der Waals surface area contributed by atoms with Crippen LogP contribution in [0.5, 0.6) is 0 Å². The first-order valence-electron chi connectivity index (χ1n) is 16.2. The molecule has 1 aromatic heterocycles. The molecule has 0 saturated heterocycles. The molecular weight excluding hydrogens is 771 g/mol. The number of pyridine rings is 1. The van der Waals surface area contributed by atoms with Crippen LogP contribution in [0.1, 0.15) is 52.7 Å². The number of hydrogen-bond donors (Lipinski definition) is 1. The number of rotatable bonds is 1. The van der Waals surface area contributed by atoms with E-state index in [1.54, 1.807) is 0 Å². The zero-order valence-electron chi connectivity index (χ0n) is 29.1. The van der Waals surface area contributed by atoms with E-state index in [1.165, 1.54) is 76.2 Å². The van der Waals surface area contributed by atoms with Gasteiger partial charge in [0.15, 0.2) is 5.78 Å². The Morgan fingerprint density at radius 1 is 0.766 bits per heavy atom. The first-order valence-corrected chi connectivity index (χ1v) is 19.2. The molecule has 5 heteroatoms. The van der Waals surface area contributed by atoms with Gasteiger partial charge < -0.3 is 5.11 Å². The predicted octanol–water partition coefficient (Wildman–Crippen LogP) is 10.0. The van der Waals surface area contributed by atoms with E-state index in [0.29, 0.717) is 0 Å². The van der Waals surface area contributed by atoms with Crippen LogP contribution in [-0.4, -0.2) is 23.9 Å². The average molecular weight is 815 g/mol. The van der Waals surface area contributed by atoms with E-state index >= 15 is 0 Å². The maximum Gasteiger partial charge on any atom is 0.164 e. The van der Waals surface area contributed by atoms with Crippen molar-refractivity contribution in [1.82, 2.24) is 4.98 Å². The maximum atomic E-state index is 11.5. The Balaban J connectivity index is 0.000000267. The summed E-state index contributed by atoms with van der Waals surface area (Å²) in [6.07, 6.45) is 3.32. The number of aliphatic hydroxyl groups excluding tert-OH is 1. The van der Waals surface area contributed by atoms with E-state index < -0.39 is 13.5 Å². The molecule has 243 valence electrons. The number of nitrogens with zero attached hydrogens (tertiary/aromatic N) is 1. The summed E-state index contributed by atoms with van der Waals surface area (Å²) in [5.41, 5.74) is 4.23.